The van der Waals surface area contributed by atoms with Gasteiger partial charge in [0.25, 0.3) is 5.69 Å². The maximum Gasteiger partial charge on any atom is 0.269 e. The third-order valence-electron chi connectivity index (χ3n) is 5.07. The predicted octanol–water partition coefficient (Wildman–Crippen LogP) is 3.29. The van der Waals surface area contributed by atoms with Crippen molar-refractivity contribution in [3.8, 4) is 0 Å². The highest BCUT2D eigenvalue weighted by atomic mass is 16.6. The van der Waals surface area contributed by atoms with Crippen molar-refractivity contribution < 1.29 is 9.72 Å². The number of likely N-dealkylation sites (tertiary alicyclic amines) is 1. The molecule has 2 fully saturated rings. The van der Waals surface area contributed by atoms with E-state index in [1.54, 1.807) is 12.1 Å². The van der Waals surface area contributed by atoms with Gasteiger partial charge in [0.1, 0.15) is 0 Å². The van der Waals surface area contributed by atoms with Gasteiger partial charge in [-0.3, -0.25) is 14.9 Å². The average molecular weight is 302 g/mol. The number of non-ortho nitro benzene ring substituents is 1. The first-order valence-electron chi connectivity index (χ1n) is 8.12. The number of carbonyl (C=O) groups is 1. The quantitative estimate of drug-likeness (QED) is 0.475. The molecule has 0 unspecified atom stereocenters. The molecule has 1 heterocycles. The Labute approximate surface area is 130 Å². The Morgan fingerprint density at radius 3 is 2.64 bits per heavy atom. The van der Waals surface area contributed by atoms with Crippen LogP contribution in [0.15, 0.2) is 24.3 Å². The summed E-state index contributed by atoms with van der Waals surface area (Å²) < 4.78 is 0. The summed E-state index contributed by atoms with van der Waals surface area (Å²) in [6.07, 6.45) is 5.86. The van der Waals surface area contributed by atoms with Crippen molar-refractivity contribution in [1.29, 1.82) is 0 Å². The minimum absolute atomic E-state index is 0.0279. The summed E-state index contributed by atoms with van der Waals surface area (Å²) >= 11 is 0. The van der Waals surface area contributed by atoms with Crippen LogP contribution in [-0.4, -0.2) is 35.2 Å². The second-order valence-electron chi connectivity index (χ2n) is 6.61. The predicted molar refractivity (Wildman–Crippen MR) is 83.9 cm³/mol. The van der Waals surface area contributed by atoms with E-state index in [0.29, 0.717) is 12.0 Å². The van der Waals surface area contributed by atoms with Gasteiger partial charge in [0.2, 0.25) is 0 Å². The molecule has 2 bridgehead atoms. The lowest BCUT2D eigenvalue weighted by molar-refractivity contribution is -0.384. The maximum absolute atomic E-state index is 12.2. The summed E-state index contributed by atoms with van der Waals surface area (Å²) in [5.74, 6) is 1.80. The van der Waals surface area contributed by atoms with Crippen LogP contribution >= 0.6 is 0 Å². The van der Waals surface area contributed by atoms with Crippen molar-refractivity contribution in [3.63, 3.8) is 0 Å². The second-order valence-corrected chi connectivity index (χ2v) is 6.61. The minimum Gasteiger partial charge on any atom is -0.303 e. The molecule has 1 aliphatic heterocycles. The molecule has 5 nitrogen and oxygen atoms in total. The van der Waals surface area contributed by atoms with Gasteiger partial charge in [-0.2, -0.15) is 0 Å². The zero-order valence-corrected chi connectivity index (χ0v) is 12.7. The van der Waals surface area contributed by atoms with Gasteiger partial charge in [0.05, 0.1) is 4.92 Å². The van der Waals surface area contributed by atoms with Gasteiger partial charge in [0, 0.05) is 37.2 Å². The first kappa shape index (κ1) is 15.2. The molecule has 1 saturated heterocycles. The van der Waals surface area contributed by atoms with Gasteiger partial charge < -0.3 is 4.90 Å². The van der Waals surface area contributed by atoms with Crippen molar-refractivity contribution in [2.45, 2.75) is 32.1 Å². The summed E-state index contributed by atoms with van der Waals surface area (Å²) in [7, 11) is 0. The fourth-order valence-electron chi connectivity index (χ4n) is 3.80. The van der Waals surface area contributed by atoms with Gasteiger partial charge in [-0.05, 0) is 49.8 Å². The molecule has 1 aromatic carbocycles. The number of hydrogen-bond acceptors (Lipinski definition) is 4. The van der Waals surface area contributed by atoms with Crippen LogP contribution in [0.5, 0.6) is 0 Å². The molecule has 0 radical (unpaired) electrons. The number of ketones is 1. The van der Waals surface area contributed by atoms with Crippen molar-refractivity contribution in [1.82, 2.24) is 4.90 Å². The third-order valence-corrected chi connectivity index (χ3v) is 5.07. The van der Waals surface area contributed by atoms with Crippen molar-refractivity contribution in [2.75, 3.05) is 19.6 Å². The lowest BCUT2D eigenvalue weighted by Crippen LogP contribution is -2.31. The van der Waals surface area contributed by atoms with E-state index < -0.39 is 4.92 Å². The molecule has 0 spiro atoms. The Hall–Kier alpha value is -1.75. The van der Waals surface area contributed by atoms with Crippen LogP contribution in [-0.2, 0) is 0 Å². The van der Waals surface area contributed by atoms with Crippen LogP contribution in [0.1, 0.15) is 42.5 Å². The van der Waals surface area contributed by atoms with Crippen molar-refractivity contribution >= 4 is 11.5 Å². The molecule has 3 rings (SSSR count). The zero-order valence-electron chi connectivity index (χ0n) is 12.7. The zero-order chi connectivity index (χ0) is 15.5. The number of nitro benzene ring substituents is 1. The molecule has 1 saturated carbocycles. The molecule has 0 amide bonds. The van der Waals surface area contributed by atoms with Gasteiger partial charge in [-0.15, -0.1) is 0 Å². The largest absolute Gasteiger partial charge is 0.303 e. The first-order valence-corrected chi connectivity index (χ1v) is 8.12. The van der Waals surface area contributed by atoms with Crippen LogP contribution in [0.4, 0.5) is 5.69 Å². The smallest absolute Gasteiger partial charge is 0.269 e. The molecule has 118 valence electrons. The van der Waals surface area contributed by atoms with Crippen LogP contribution in [0.3, 0.4) is 0 Å². The number of nitrogens with zero attached hydrogens (tertiary/aromatic N) is 2. The van der Waals surface area contributed by atoms with Gasteiger partial charge in [-0.1, -0.05) is 6.42 Å². The van der Waals surface area contributed by atoms with Gasteiger partial charge in [-0.25, -0.2) is 0 Å². The third kappa shape index (κ3) is 3.53. The van der Waals surface area contributed by atoms with Crippen molar-refractivity contribution in [2.24, 2.45) is 11.8 Å². The number of rotatable bonds is 5. The van der Waals surface area contributed by atoms with E-state index in [1.165, 1.54) is 37.8 Å². The molecular formula is C17H22N2O3. The molecule has 22 heavy (non-hydrogen) atoms. The number of nitro groups is 1. The Morgan fingerprint density at radius 2 is 1.91 bits per heavy atom. The van der Waals surface area contributed by atoms with E-state index in [4.69, 9.17) is 0 Å². The van der Waals surface area contributed by atoms with Gasteiger partial charge in [0.15, 0.2) is 5.78 Å². The van der Waals surface area contributed by atoms with Crippen LogP contribution in [0.25, 0.3) is 0 Å². The maximum atomic E-state index is 12.2. The molecule has 0 N–H and O–H groups in total. The summed E-state index contributed by atoms with van der Waals surface area (Å²) in [6.45, 7) is 3.04. The van der Waals surface area contributed by atoms with Crippen molar-refractivity contribution in [3.05, 3.63) is 39.9 Å². The number of hydrogen-bond donors (Lipinski definition) is 0. The summed E-state index contributed by atoms with van der Waals surface area (Å²) in [5, 5.41) is 10.6. The van der Waals surface area contributed by atoms with Crippen LogP contribution in [0.2, 0.25) is 0 Å². The SMILES string of the molecule is O=C(CCN1CC[C@@H]2CC[C@@H](C2)C1)c1ccc([N+](=O)[O-])cc1. The number of Topliss-reactive ketones (excluding diaryl/α,β-unsaturated/α-hetero) is 1. The fraction of sp³-hybridized carbons (Fsp3) is 0.588. The fourth-order valence-corrected chi connectivity index (χ4v) is 3.80. The molecule has 1 aromatic rings. The topological polar surface area (TPSA) is 63.5 Å². The lowest BCUT2D eigenvalue weighted by atomic mass is 10.0. The molecule has 0 aromatic heterocycles. The summed E-state index contributed by atoms with van der Waals surface area (Å²) in [6, 6.07) is 5.92. The van der Waals surface area contributed by atoms with E-state index in [9.17, 15) is 14.9 Å². The number of carbonyl (C=O) groups excluding carboxylic acids is 1. The van der Waals surface area contributed by atoms with E-state index >= 15 is 0 Å². The molecule has 5 heteroatoms. The normalized spacial score (nSPS) is 24.9. The van der Waals surface area contributed by atoms with Gasteiger partial charge >= 0.3 is 0 Å². The van der Waals surface area contributed by atoms with E-state index in [0.717, 1.165) is 31.5 Å². The highest BCUT2D eigenvalue weighted by molar-refractivity contribution is 5.96. The molecular weight excluding hydrogens is 280 g/mol. The summed E-state index contributed by atoms with van der Waals surface area (Å²) in [5.41, 5.74) is 0.599. The second kappa shape index (κ2) is 6.57. The van der Waals surface area contributed by atoms with Crippen LogP contribution in [0, 0.1) is 22.0 Å². The van der Waals surface area contributed by atoms with E-state index in [1.807, 2.05) is 0 Å². The van der Waals surface area contributed by atoms with Crippen LogP contribution < -0.4 is 0 Å². The standard InChI is InChI=1S/C17H22N2O3/c20-17(15-3-5-16(6-4-15)19(21)22)8-10-18-9-7-13-1-2-14(11-13)12-18/h3-6,13-14H,1-2,7-12H2/t13-,14-/m0/s1. The highest BCUT2D eigenvalue weighted by Crippen LogP contribution is 2.36. The minimum atomic E-state index is -0.444. The molecule has 1 aliphatic carbocycles. The average Bonchev–Trinajstić information content (AvgIpc) is 2.85. The number of fused-ring (bicyclic) bond motifs is 2. The first-order chi connectivity index (χ1) is 10.6. The Kier molecular flexibility index (Phi) is 4.52. The molecule has 2 aliphatic rings. The number of benzene rings is 1. The highest BCUT2D eigenvalue weighted by Gasteiger charge is 2.29. The summed E-state index contributed by atoms with van der Waals surface area (Å²) in [4.78, 5) is 24.8. The van der Waals surface area contributed by atoms with E-state index in [-0.39, 0.29) is 11.5 Å². The Bertz CT molecular complexity index is 556. The Morgan fingerprint density at radius 1 is 1.18 bits per heavy atom. The lowest BCUT2D eigenvalue weighted by Gasteiger charge is -2.24. The molecule has 2 atom stereocenters. The Balaban J connectivity index is 1.52. The monoisotopic (exact) mass is 302 g/mol. The van der Waals surface area contributed by atoms with E-state index in [2.05, 4.69) is 4.90 Å².